The first-order chi connectivity index (χ1) is 6.84. The lowest BCUT2D eigenvalue weighted by atomic mass is 9.80. The number of halogens is 3. The smallest absolute Gasteiger partial charge is 0.392 e. The number of rotatable bonds is 1. The van der Waals surface area contributed by atoms with Crippen LogP contribution in [0.15, 0.2) is 0 Å². The molecule has 0 aromatic rings. The highest BCUT2D eigenvalue weighted by atomic mass is 19.4. The van der Waals surface area contributed by atoms with Crippen LogP contribution in [0.25, 0.3) is 0 Å². The van der Waals surface area contributed by atoms with E-state index in [9.17, 15) is 22.8 Å². The topological polar surface area (TPSA) is 43.4 Å². The van der Waals surface area contributed by atoms with Gasteiger partial charge >= 0.3 is 12.1 Å². The fraction of sp³-hybridized carbons (Fsp3) is 0.778. The summed E-state index contributed by atoms with van der Waals surface area (Å²) >= 11 is 0. The van der Waals surface area contributed by atoms with Crippen LogP contribution < -0.4 is 0 Å². The van der Waals surface area contributed by atoms with Crippen molar-refractivity contribution in [2.45, 2.75) is 25.4 Å². The normalized spacial score (nSPS) is 27.6. The average Bonchev–Trinajstić information content (AvgIpc) is 2.14. The Bertz CT molecular complexity index is 272. The van der Waals surface area contributed by atoms with E-state index in [0.29, 0.717) is 0 Å². The number of Topliss-reactive ketones (excluding diaryl/α,β-unsaturated/α-hetero) is 1. The van der Waals surface area contributed by atoms with Gasteiger partial charge in [0.2, 0.25) is 0 Å². The molecular formula is C9H11F3O3. The maximum Gasteiger partial charge on any atom is 0.392 e. The molecule has 0 spiro atoms. The maximum atomic E-state index is 12.4. The van der Waals surface area contributed by atoms with E-state index < -0.39 is 36.2 Å². The molecule has 1 aliphatic carbocycles. The van der Waals surface area contributed by atoms with Crippen LogP contribution >= 0.6 is 0 Å². The molecule has 0 aromatic carbocycles. The maximum absolute atomic E-state index is 12.4. The zero-order valence-electron chi connectivity index (χ0n) is 8.13. The highest BCUT2D eigenvalue weighted by molar-refractivity contribution is 5.85. The molecule has 3 nitrogen and oxygen atoms in total. The fourth-order valence-electron chi connectivity index (χ4n) is 1.74. The molecule has 1 fully saturated rings. The van der Waals surface area contributed by atoms with Crippen molar-refractivity contribution in [1.82, 2.24) is 0 Å². The predicted molar refractivity (Wildman–Crippen MR) is 43.9 cm³/mol. The Morgan fingerprint density at radius 1 is 1.40 bits per heavy atom. The third-order valence-corrected chi connectivity index (χ3v) is 2.51. The van der Waals surface area contributed by atoms with E-state index in [4.69, 9.17) is 0 Å². The summed E-state index contributed by atoms with van der Waals surface area (Å²) < 4.78 is 41.4. The molecule has 86 valence electrons. The van der Waals surface area contributed by atoms with E-state index in [0.717, 1.165) is 7.11 Å². The molecule has 15 heavy (non-hydrogen) atoms. The van der Waals surface area contributed by atoms with Gasteiger partial charge in [0, 0.05) is 12.8 Å². The number of hydrogen-bond acceptors (Lipinski definition) is 3. The monoisotopic (exact) mass is 224 g/mol. The van der Waals surface area contributed by atoms with Gasteiger partial charge in [-0.1, -0.05) is 0 Å². The number of alkyl halides is 3. The molecule has 0 heterocycles. The number of ketones is 1. The van der Waals surface area contributed by atoms with Crippen LogP contribution in [0.5, 0.6) is 0 Å². The molecule has 0 aromatic heterocycles. The lowest BCUT2D eigenvalue weighted by Gasteiger charge is -2.27. The summed E-state index contributed by atoms with van der Waals surface area (Å²) in [6, 6.07) is 0. The number of esters is 1. The molecular weight excluding hydrogens is 213 g/mol. The van der Waals surface area contributed by atoms with Gasteiger partial charge in [0.15, 0.2) is 0 Å². The van der Waals surface area contributed by atoms with Crippen LogP contribution in [0.3, 0.4) is 0 Å². The van der Waals surface area contributed by atoms with Gasteiger partial charge < -0.3 is 4.74 Å². The van der Waals surface area contributed by atoms with Crippen LogP contribution in [0, 0.1) is 11.8 Å². The summed E-state index contributed by atoms with van der Waals surface area (Å²) in [5.41, 5.74) is 0. The molecule has 1 saturated carbocycles. The third-order valence-electron chi connectivity index (χ3n) is 2.51. The molecule has 0 N–H and O–H groups in total. The molecule has 2 atom stereocenters. The number of ether oxygens (including phenoxy) is 1. The van der Waals surface area contributed by atoms with E-state index in [1.54, 1.807) is 0 Å². The van der Waals surface area contributed by atoms with Crippen LogP contribution in [0.2, 0.25) is 0 Å². The van der Waals surface area contributed by atoms with Crippen molar-refractivity contribution < 1.29 is 27.5 Å². The Kier molecular flexibility index (Phi) is 3.36. The van der Waals surface area contributed by atoms with Crippen molar-refractivity contribution >= 4 is 11.8 Å². The molecule has 0 amide bonds. The van der Waals surface area contributed by atoms with E-state index in [1.165, 1.54) is 0 Å². The number of methoxy groups -OCH3 is 1. The average molecular weight is 224 g/mol. The van der Waals surface area contributed by atoms with Crippen molar-refractivity contribution in [3.8, 4) is 0 Å². The molecule has 0 unspecified atom stereocenters. The standard InChI is InChI=1S/C9H11F3O3/c1-15-8(14)5-2-6(9(10,11)12)4-7(13)3-5/h5-6H,2-4H2,1H3/t5-,6+/m0/s1. The van der Waals surface area contributed by atoms with Gasteiger partial charge in [-0.3, -0.25) is 9.59 Å². The minimum Gasteiger partial charge on any atom is -0.469 e. The lowest BCUT2D eigenvalue weighted by Crippen LogP contribution is -2.36. The Labute approximate surface area is 84.6 Å². The van der Waals surface area contributed by atoms with E-state index in [-0.39, 0.29) is 12.8 Å². The minimum absolute atomic E-state index is 0.140. The third kappa shape index (κ3) is 2.94. The summed E-state index contributed by atoms with van der Waals surface area (Å²) in [6.45, 7) is 0. The summed E-state index contributed by atoms with van der Waals surface area (Å²) in [5, 5.41) is 0. The van der Waals surface area contributed by atoms with Gasteiger partial charge in [-0.25, -0.2) is 0 Å². The van der Waals surface area contributed by atoms with E-state index >= 15 is 0 Å². The van der Waals surface area contributed by atoms with Gasteiger partial charge in [0.25, 0.3) is 0 Å². The molecule has 1 aliphatic rings. The Morgan fingerprint density at radius 2 is 2.00 bits per heavy atom. The van der Waals surface area contributed by atoms with Crippen LogP contribution in [-0.2, 0) is 14.3 Å². The first-order valence-electron chi connectivity index (χ1n) is 4.51. The summed E-state index contributed by atoms with van der Waals surface area (Å²) in [4.78, 5) is 22.1. The molecule has 1 rings (SSSR count). The van der Waals surface area contributed by atoms with Gasteiger partial charge in [-0.2, -0.15) is 13.2 Å². The zero-order chi connectivity index (χ0) is 11.6. The van der Waals surface area contributed by atoms with Gasteiger partial charge in [-0.15, -0.1) is 0 Å². The van der Waals surface area contributed by atoms with Crippen molar-refractivity contribution in [1.29, 1.82) is 0 Å². The second-order valence-corrected chi connectivity index (χ2v) is 3.64. The molecule has 0 bridgehead atoms. The van der Waals surface area contributed by atoms with Crippen molar-refractivity contribution in [2.75, 3.05) is 7.11 Å². The zero-order valence-corrected chi connectivity index (χ0v) is 8.13. The quantitative estimate of drug-likeness (QED) is 0.637. The fourth-order valence-corrected chi connectivity index (χ4v) is 1.74. The molecule has 0 radical (unpaired) electrons. The highest BCUT2D eigenvalue weighted by Crippen LogP contribution is 2.38. The number of hydrogen-bond donors (Lipinski definition) is 0. The highest BCUT2D eigenvalue weighted by Gasteiger charge is 2.46. The first-order valence-corrected chi connectivity index (χ1v) is 4.51. The second kappa shape index (κ2) is 4.20. The molecule has 0 saturated heterocycles. The largest absolute Gasteiger partial charge is 0.469 e. The molecule has 6 heteroatoms. The van der Waals surface area contributed by atoms with Crippen LogP contribution in [0.1, 0.15) is 19.3 Å². The van der Waals surface area contributed by atoms with Crippen molar-refractivity contribution in [2.24, 2.45) is 11.8 Å². The Hall–Kier alpha value is -1.07. The Balaban J connectivity index is 2.72. The summed E-state index contributed by atoms with van der Waals surface area (Å²) in [7, 11) is 1.10. The van der Waals surface area contributed by atoms with Gasteiger partial charge in [0.05, 0.1) is 18.9 Å². The predicted octanol–water partition coefficient (Wildman–Crippen LogP) is 1.71. The van der Waals surface area contributed by atoms with Crippen LogP contribution in [0.4, 0.5) is 13.2 Å². The number of carbonyl (C=O) groups is 2. The van der Waals surface area contributed by atoms with Crippen molar-refractivity contribution in [3.63, 3.8) is 0 Å². The van der Waals surface area contributed by atoms with Gasteiger partial charge in [0.1, 0.15) is 5.78 Å². The minimum atomic E-state index is -4.41. The first kappa shape index (κ1) is 12.0. The summed E-state index contributed by atoms with van der Waals surface area (Å²) in [6.07, 6.45) is -5.42. The van der Waals surface area contributed by atoms with Gasteiger partial charge in [-0.05, 0) is 6.42 Å². The second-order valence-electron chi connectivity index (χ2n) is 3.64. The summed E-state index contributed by atoms with van der Waals surface area (Å²) in [5.74, 6) is -3.91. The number of carbonyl (C=O) groups excluding carboxylic acids is 2. The van der Waals surface area contributed by atoms with E-state index in [1.807, 2.05) is 0 Å². The lowest BCUT2D eigenvalue weighted by molar-refractivity contribution is -0.190. The van der Waals surface area contributed by atoms with Crippen LogP contribution in [-0.4, -0.2) is 25.0 Å². The van der Waals surface area contributed by atoms with E-state index in [2.05, 4.69) is 4.74 Å². The van der Waals surface area contributed by atoms with Crippen molar-refractivity contribution in [3.05, 3.63) is 0 Å². The Morgan fingerprint density at radius 3 is 2.47 bits per heavy atom. The SMILES string of the molecule is COC(=O)[C@@H]1CC(=O)C[C@H](C(F)(F)F)C1. The molecule has 0 aliphatic heterocycles.